The highest BCUT2D eigenvalue weighted by molar-refractivity contribution is 5.92. The number of amides is 2. The van der Waals surface area contributed by atoms with Gasteiger partial charge in [-0.3, -0.25) is 9.69 Å². The molecule has 7 nitrogen and oxygen atoms in total. The van der Waals surface area contributed by atoms with E-state index in [0.29, 0.717) is 24.6 Å². The first-order chi connectivity index (χ1) is 14.1. The first-order valence-corrected chi connectivity index (χ1v) is 9.91. The quantitative estimate of drug-likeness (QED) is 0.746. The van der Waals surface area contributed by atoms with Gasteiger partial charge in [-0.2, -0.15) is 0 Å². The topological polar surface area (TPSA) is 79.9 Å². The third kappa shape index (κ3) is 6.80. The fraction of sp³-hybridized carbons (Fsp3) is 0.364. The molecule has 3 rings (SSSR count). The lowest BCUT2D eigenvalue weighted by atomic mass is 10.1. The van der Waals surface area contributed by atoms with Gasteiger partial charge in [0.1, 0.15) is 11.5 Å². The number of rotatable bonds is 7. The van der Waals surface area contributed by atoms with Gasteiger partial charge in [-0.05, 0) is 50.6 Å². The largest absolute Gasteiger partial charge is 0.457 e. The normalized spacial score (nSPS) is 16.7. The van der Waals surface area contributed by atoms with Crippen molar-refractivity contribution in [2.24, 2.45) is 0 Å². The summed E-state index contributed by atoms with van der Waals surface area (Å²) in [5, 5.41) is 5.77. The third-order valence-electron chi connectivity index (χ3n) is 4.57. The number of benzene rings is 2. The van der Waals surface area contributed by atoms with Crippen molar-refractivity contribution in [2.45, 2.75) is 25.8 Å². The fourth-order valence-corrected chi connectivity index (χ4v) is 3.32. The van der Waals surface area contributed by atoms with Crippen LogP contribution in [0.2, 0.25) is 0 Å². The molecule has 1 aliphatic rings. The number of nitrogens with one attached hydrogen (secondary N) is 2. The maximum Gasteiger partial charge on any atom is 0.407 e. The number of carbonyl (C=O) groups excluding carboxylic acids is 2. The molecule has 0 radical (unpaired) electrons. The molecule has 1 heterocycles. The van der Waals surface area contributed by atoms with E-state index < -0.39 is 6.09 Å². The molecule has 7 heteroatoms. The predicted molar refractivity (Wildman–Crippen MR) is 111 cm³/mol. The van der Waals surface area contributed by atoms with Gasteiger partial charge < -0.3 is 20.1 Å². The standard InChI is InChI=1S/C22H27N3O4/c1-2-28-22(27)24-18-9-7-13-25(15-18)16-21(26)23-17-8-6-12-20(14-17)29-19-10-4-3-5-11-19/h3-6,8,10-12,14,18H,2,7,9,13,15-16H2,1H3,(H,23,26)(H,24,27). The summed E-state index contributed by atoms with van der Waals surface area (Å²) in [5.41, 5.74) is 0.682. The highest BCUT2D eigenvalue weighted by atomic mass is 16.5. The Morgan fingerprint density at radius 1 is 1.10 bits per heavy atom. The van der Waals surface area contributed by atoms with Crippen LogP contribution >= 0.6 is 0 Å². The molecule has 0 spiro atoms. The smallest absolute Gasteiger partial charge is 0.407 e. The van der Waals surface area contributed by atoms with Gasteiger partial charge in [-0.15, -0.1) is 0 Å². The summed E-state index contributed by atoms with van der Waals surface area (Å²) in [4.78, 5) is 26.1. The van der Waals surface area contributed by atoms with E-state index in [9.17, 15) is 9.59 Å². The molecule has 2 N–H and O–H groups in total. The lowest BCUT2D eigenvalue weighted by Gasteiger charge is -2.32. The van der Waals surface area contributed by atoms with E-state index in [2.05, 4.69) is 10.6 Å². The molecule has 1 atom stereocenters. The van der Waals surface area contributed by atoms with Crippen LogP contribution in [0.15, 0.2) is 54.6 Å². The molecule has 2 amide bonds. The van der Waals surface area contributed by atoms with E-state index >= 15 is 0 Å². The van der Waals surface area contributed by atoms with Gasteiger partial charge in [0.05, 0.1) is 13.2 Å². The van der Waals surface area contributed by atoms with E-state index in [0.717, 1.165) is 25.1 Å². The minimum absolute atomic E-state index is 0.00167. The first-order valence-electron chi connectivity index (χ1n) is 9.91. The molecular weight excluding hydrogens is 370 g/mol. The maximum atomic E-state index is 12.5. The van der Waals surface area contributed by atoms with Gasteiger partial charge in [-0.25, -0.2) is 4.79 Å². The Hall–Kier alpha value is -3.06. The number of likely N-dealkylation sites (tertiary alicyclic amines) is 1. The van der Waals surface area contributed by atoms with Crippen LogP contribution < -0.4 is 15.4 Å². The predicted octanol–water partition coefficient (Wildman–Crippen LogP) is 3.63. The summed E-state index contributed by atoms with van der Waals surface area (Å²) in [7, 11) is 0. The Balaban J connectivity index is 1.50. The first kappa shape index (κ1) is 20.7. The molecule has 0 aromatic heterocycles. The number of para-hydroxylation sites is 1. The molecule has 0 bridgehead atoms. The van der Waals surface area contributed by atoms with E-state index in [-0.39, 0.29) is 18.5 Å². The SMILES string of the molecule is CCOC(=O)NC1CCCN(CC(=O)Nc2cccc(Oc3ccccc3)c2)C1. The second kappa shape index (κ2) is 10.5. The van der Waals surface area contributed by atoms with Gasteiger partial charge >= 0.3 is 6.09 Å². The van der Waals surface area contributed by atoms with Crippen LogP contribution in [0.1, 0.15) is 19.8 Å². The minimum atomic E-state index is -0.404. The zero-order chi connectivity index (χ0) is 20.5. The van der Waals surface area contributed by atoms with E-state index in [1.54, 1.807) is 13.0 Å². The summed E-state index contributed by atoms with van der Waals surface area (Å²) < 4.78 is 10.7. The Morgan fingerprint density at radius 2 is 1.90 bits per heavy atom. The summed E-state index contributed by atoms with van der Waals surface area (Å²) >= 11 is 0. The number of hydrogen-bond acceptors (Lipinski definition) is 5. The monoisotopic (exact) mass is 397 g/mol. The summed E-state index contributed by atoms with van der Waals surface area (Å²) in [6, 6.07) is 16.8. The third-order valence-corrected chi connectivity index (χ3v) is 4.57. The molecule has 1 unspecified atom stereocenters. The summed E-state index contributed by atoms with van der Waals surface area (Å²) in [5.74, 6) is 1.30. The van der Waals surface area contributed by atoms with Gasteiger partial charge in [0.2, 0.25) is 5.91 Å². The average Bonchev–Trinajstić information content (AvgIpc) is 2.69. The summed E-state index contributed by atoms with van der Waals surface area (Å²) in [6.07, 6.45) is 1.40. The lowest BCUT2D eigenvalue weighted by molar-refractivity contribution is -0.117. The van der Waals surface area contributed by atoms with Crippen molar-refractivity contribution in [3.63, 3.8) is 0 Å². The zero-order valence-electron chi connectivity index (χ0n) is 16.6. The van der Waals surface area contributed by atoms with E-state index in [1.807, 2.05) is 53.4 Å². The molecule has 1 fully saturated rings. The van der Waals surface area contributed by atoms with Crippen LogP contribution in [-0.4, -0.2) is 49.2 Å². The van der Waals surface area contributed by atoms with Gasteiger partial charge in [0, 0.05) is 24.3 Å². The average molecular weight is 397 g/mol. The lowest BCUT2D eigenvalue weighted by Crippen LogP contribution is -2.49. The Kier molecular flexibility index (Phi) is 7.47. The molecule has 154 valence electrons. The molecule has 0 saturated carbocycles. The summed E-state index contributed by atoms with van der Waals surface area (Å²) in [6.45, 7) is 3.84. The highest BCUT2D eigenvalue weighted by Gasteiger charge is 2.23. The van der Waals surface area contributed by atoms with Gasteiger partial charge in [0.25, 0.3) is 0 Å². The number of hydrogen-bond donors (Lipinski definition) is 2. The van der Waals surface area contributed by atoms with Crippen molar-refractivity contribution in [2.75, 3.05) is 31.6 Å². The van der Waals surface area contributed by atoms with Crippen LogP contribution in [0, 0.1) is 0 Å². The maximum absolute atomic E-state index is 12.5. The highest BCUT2D eigenvalue weighted by Crippen LogP contribution is 2.23. The fourth-order valence-electron chi connectivity index (χ4n) is 3.32. The van der Waals surface area contributed by atoms with Crippen molar-refractivity contribution in [3.05, 3.63) is 54.6 Å². The Labute approximate surface area is 171 Å². The number of alkyl carbamates (subject to hydrolysis) is 1. The van der Waals surface area contributed by atoms with Crippen molar-refractivity contribution in [1.29, 1.82) is 0 Å². The van der Waals surface area contributed by atoms with Gasteiger partial charge in [0.15, 0.2) is 0 Å². The number of anilines is 1. The van der Waals surface area contributed by atoms with Crippen LogP contribution in [0.4, 0.5) is 10.5 Å². The molecule has 29 heavy (non-hydrogen) atoms. The van der Waals surface area contributed by atoms with Crippen LogP contribution in [0.5, 0.6) is 11.5 Å². The molecule has 0 aliphatic carbocycles. The van der Waals surface area contributed by atoms with Crippen LogP contribution in [-0.2, 0) is 9.53 Å². The van der Waals surface area contributed by atoms with Crippen molar-refractivity contribution in [1.82, 2.24) is 10.2 Å². The molecule has 1 aliphatic heterocycles. The zero-order valence-corrected chi connectivity index (χ0v) is 16.6. The van der Waals surface area contributed by atoms with Crippen molar-refractivity contribution >= 4 is 17.7 Å². The Bertz CT molecular complexity index is 813. The molecule has 2 aromatic rings. The van der Waals surface area contributed by atoms with Crippen molar-refractivity contribution in [3.8, 4) is 11.5 Å². The van der Waals surface area contributed by atoms with E-state index in [1.165, 1.54) is 0 Å². The second-order valence-corrected chi connectivity index (χ2v) is 6.93. The van der Waals surface area contributed by atoms with Crippen LogP contribution in [0.25, 0.3) is 0 Å². The molecule has 1 saturated heterocycles. The minimum Gasteiger partial charge on any atom is -0.457 e. The number of piperidine rings is 1. The van der Waals surface area contributed by atoms with Crippen LogP contribution in [0.3, 0.4) is 0 Å². The number of nitrogens with zero attached hydrogens (tertiary/aromatic N) is 1. The molecule has 2 aromatic carbocycles. The number of carbonyl (C=O) groups is 2. The number of ether oxygens (including phenoxy) is 2. The van der Waals surface area contributed by atoms with Gasteiger partial charge in [-0.1, -0.05) is 24.3 Å². The van der Waals surface area contributed by atoms with Crippen molar-refractivity contribution < 1.29 is 19.1 Å². The van der Waals surface area contributed by atoms with E-state index in [4.69, 9.17) is 9.47 Å². The second-order valence-electron chi connectivity index (χ2n) is 6.93. The molecular formula is C22H27N3O4. The Morgan fingerprint density at radius 3 is 2.69 bits per heavy atom.